The largest absolute Gasteiger partial charge is 0.377 e. The minimum absolute atomic E-state index is 0.270. The second-order valence-corrected chi connectivity index (χ2v) is 5.36. The molecule has 1 aliphatic heterocycles. The number of hydrogen-bond donors (Lipinski definition) is 1. The smallest absolute Gasteiger partial charge is 0.224 e. The molecule has 1 atom stereocenters. The number of anilines is 2. The fraction of sp³-hybridized carbons (Fsp3) is 0.714. The summed E-state index contributed by atoms with van der Waals surface area (Å²) in [6, 6.07) is 0. The third kappa shape index (κ3) is 3.96. The van der Waals surface area contributed by atoms with Crippen LogP contribution in [0, 0.1) is 0 Å². The molecule has 5 nitrogen and oxygen atoms in total. The van der Waals surface area contributed by atoms with Gasteiger partial charge in [0.15, 0.2) is 5.82 Å². The minimum Gasteiger partial charge on any atom is -0.377 e. The van der Waals surface area contributed by atoms with Gasteiger partial charge in [0.25, 0.3) is 0 Å². The molecule has 0 saturated carbocycles. The van der Waals surface area contributed by atoms with Gasteiger partial charge in [-0.3, -0.25) is 0 Å². The molecule has 2 rings (SSSR count). The number of piperidine rings is 1. The van der Waals surface area contributed by atoms with Crippen molar-refractivity contribution in [1.82, 2.24) is 9.97 Å². The molecule has 0 amide bonds. The molecule has 20 heavy (non-hydrogen) atoms. The first kappa shape index (κ1) is 15.3. The Morgan fingerprint density at radius 1 is 1.50 bits per heavy atom. The lowest BCUT2D eigenvalue weighted by Crippen LogP contribution is -2.40. The number of aromatic nitrogens is 2. The number of ether oxygens (including phenoxy) is 1. The van der Waals surface area contributed by atoms with E-state index < -0.39 is 0 Å². The molecule has 6 heteroatoms. The highest BCUT2D eigenvalue weighted by atomic mass is 35.5. The van der Waals surface area contributed by atoms with Crippen molar-refractivity contribution in [3.8, 4) is 0 Å². The highest BCUT2D eigenvalue weighted by Crippen LogP contribution is 2.27. The van der Waals surface area contributed by atoms with Crippen molar-refractivity contribution in [1.29, 1.82) is 0 Å². The van der Waals surface area contributed by atoms with Crippen molar-refractivity contribution in [2.45, 2.75) is 39.2 Å². The van der Waals surface area contributed by atoms with Crippen molar-refractivity contribution >= 4 is 23.4 Å². The van der Waals surface area contributed by atoms with Crippen LogP contribution < -0.4 is 10.2 Å². The molecule has 1 aliphatic rings. The SMILES string of the molecule is CCCNc1ncc(Cl)c(N2CCCC(OCC)C2)n1. The van der Waals surface area contributed by atoms with Gasteiger partial charge >= 0.3 is 0 Å². The summed E-state index contributed by atoms with van der Waals surface area (Å²) in [5, 5.41) is 3.80. The molecule has 2 heterocycles. The quantitative estimate of drug-likeness (QED) is 0.875. The average molecular weight is 299 g/mol. The number of hydrogen-bond acceptors (Lipinski definition) is 5. The molecule has 1 aromatic rings. The maximum Gasteiger partial charge on any atom is 0.224 e. The van der Waals surface area contributed by atoms with Crippen LogP contribution in [-0.4, -0.2) is 42.3 Å². The Labute approximate surface area is 125 Å². The minimum atomic E-state index is 0.270. The van der Waals surface area contributed by atoms with Crippen LogP contribution in [0.1, 0.15) is 33.1 Å². The molecule has 112 valence electrons. The van der Waals surface area contributed by atoms with Crippen LogP contribution in [0.25, 0.3) is 0 Å². The Morgan fingerprint density at radius 3 is 3.10 bits per heavy atom. The molecule has 0 spiro atoms. The summed E-state index contributed by atoms with van der Waals surface area (Å²) < 4.78 is 5.73. The van der Waals surface area contributed by atoms with Gasteiger partial charge in [0.05, 0.1) is 12.3 Å². The molecule has 0 radical (unpaired) electrons. The Kier molecular flexibility index (Phi) is 5.86. The van der Waals surface area contributed by atoms with Gasteiger partial charge in [-0.1, -0.05) is 18.5 Å². The van der Waals surface area contributed by atoms with Gasteiger partial charge in [0.2, 0.25) is 5.95 Å². The first-order valence-corrected chi connectivity index (χ1v) is 7.75. The molecule has 1 saturated heterocycles. The van der Waals surface area contributed by atoms with Crippen molar-refractivity contribution < 1.29 is 4.74 Å². The normalized spacial score (nSPS) is 19.1. The van der Waals surface area contributed by atoms with E-state index in [4.69, 9.17) is 16.3 Å². The van der Waals surface area contributed by atoms with E-state index >= 15 is 0 Å². The fourth-order valence-electron chi connectivity index (χ4n) is 2.40. The van der Waals surface area contributed by atoms with Crippen LogP contribution in [-0.2, 0) is 4.74 Å². The van der Waals surface area contributed by atoms with E-state index in [0.717, 1.165) is 51.3 Å². The highest BCUT2D eigenvalue weighted by molar-refractivity contribution is 6.32. The standard InChI is InChI=1S/C14H23ClN4O/c1-3-7-16-14-17-9-12(15)13(18-14)19-8-5-6-11(10-19)20-4-2/h9,11H,3-8,10H2,1-2H3,(H,16,17,18). The number of halogens is 1. The summed E-state index contributed by atoms with van der Waals surface area (Å²) in [5.74, 6) is 1.45. The molecule has 0 aromatic carbocycles. The van der Waals surface area contributed by atoms with E-state index in [1.165, 1.54) is 0 Å². The number of nitrogens with zero attached hydrogens (tertiary/aromatic N) is 3. The predicted octanol–water partition coefficient (Wildman–Crippen LogP) is 2.96. The maximum atomic E-state index is 6.25. The topological polar surface area (TPSA) is 50.3 Å². The van der Waals surface area contributed by atoms with Crippen molar-refractivity contribution in [3.05, 3.63) is 11.2 Å². The van der Waals surface area contributed by atoms with E-state index in [-0.39, 0.29) is 6.10 Å². The van der Waals surface area contributed by atoms with Crippen LogP contribution in [0.15, 0.2) is 6.20 Å². The van der Waals surface area contributed by atoms with E-state index in [2.05, 4.69) is 27.1 Å². The van der Waals surface area contributed by atoms with Crippen LogP contribution >= 0.6 is 11.6 Å². The first-order valence-electron chi connectivity index (χ1n) is 7.37. The van der Waals surface area contributed by atoms with Crippen LogP contribution in [0.4, 0.5) is 11.8 Å². The first-order chi connectivity index (χ1) is 9.74. The zero-order valence-corrected chi connectivity index (χ0v) is 13.0. The van der Waals surface area contributed by atoms with Crippen LogP contribution in [0.2, 0.25) is 5.02 Å². The molecule has 0 aliphatic carbocycles. The average Bonchev–Trinajstić information content (AvgIpc) is 2.47. The molecule has 1 N–H and O–H groups in total. The lowest BCUT2D eigenvalue weighted by Gasteiger charge is -2.33. The summed E-state index contributed by atoms with van der Waals surface area (Å²) in [6.45, 7) is 7.57. The van der Waals surface area contributed by atoms with Gasteiger partial charge in [-0.15, -0.1) is 0 Å². The second-order valence-electron chi connectivity index (χ2n) is 4.96. The van der Waals surface area contributed by atoms with Crippen LogP contribution in [0.3, 0.4) is 0 Å². The lowest BCUT2D eigenvalue weighted by atomic mass is 10.1. The van der Waals surface area contributed by atoms with Crippen molar-refractivity contribution in [2.75, 3.05) is 36.5 Å². The van der Waals surface area contributed by atoms with E-state index in [1.54, 1.807) is 6.20 Å². The lowest BCUT2D eigenvalue weighted by molar-refractivity contribution is 0.0525. The molecular formula is C14H23ClN4O. The van der Waals surface area contributed by atoms with E-state index in [1.807, 2.05) is 6.92 Å². The van der Waals surface area contributed by atoms with Crippen molar-refractivity contribution in [2.24, 2.45) is 0 Å². The van der Waals surface area contributed by atoms with Gasteiger partial charge < -0.3 is 15.0 Å². The fourth-order valence-corrected chi connectivity index (χ4v) is 2.61. The predicted molar refractivity (Wildman–Crippen MR) is 82.7 cm³/mol. The number of nitrogens with one attached hydrogen (secondary N) is 1. The van der Waals surface area contributed by atoms with Crippen molar-refractivity contribution in [3.63, 3.8) is 0 Å². The molecule has 1 unspecified atom stereocenters. The van der Waals surface area contributed by atoms with Crippen LogP contribution in [0.5, 0.6) is 0 Å². The van der Waals surface area contributed by atoms with E-state index in [0.29, 0.717) is 11.0 Å². The molecular weight excluding hydrogens is 276 g/mol. The highest BCUT2D eigenvalue weighted by Gasteiger charge is 2.23. The van der Waals surface area contributed by atoms with Gasteiger partial charge in [-0.05, 0) is 26.2 Å². The third-order valence-corrected chi connectivity index (χ3v) is 3.61. The maximum absolute atomic E-state index is 6.25. The Bertz CT molecular complexity index is 428. The zero-order valence-electron chi connectivity index (χ0n) is 12.2. The molecule has 1 fully saturated rings. The number of rotatable bonds is 6. The monoisotopic (exact) mass is 298 g/mol. The van der Waals surface area contributed by atoms with Gasteiger partial charge in [0, 0.05) is 26.2 Å². The summed E-state index contributed by atoms with van der Waals surface area (Å²) in [4.78, 5) is 11.0. The third-order valence-electron chi connectivity index (χ3n) is 3.34. The summed E-state index contributed by atoms with van der Waals surface area (Å²) >= 11 is 6.25. The Morgan fingerprint density at radius 2 is 2.35 bits per heavy atom. The van der Waals surface area contributed by atoms with E-state index in [9.17, 15) is 0 Å². The van der Waals surface area contributed by atoms with Gasteiger partial charge in [0.1, 0.15) is 5.02 Å². The van der Waals surface area contributed by atoms with Gasteiger partial charge in [-0.2, -0.15) is 4.98 Å². The zero-order chi connectivity index (χ0) is 14.4. The summed E-state index contributed by atoms with van der Waals surface area (Å²) in [6.07, 6.45) is 5.19. The molecule has 0 bridgehead atoms. The summed E-state index contributed by atoms with van der Waals surface area (Å²) in [7, 11) is 0. The second kappa shape index (κ2) is 7.64. The molecule has 1 aromatic heterocycles. The Hall–Kier alpha value is -1.07. The summed E-state index contributed by atoms with van der Waals surface area (Å²) in [5.41, 5.74) is 0. The van der Waals surface area contributed by atoms with Gasteiger partial charge in [-0.25, -0.2) is 4.98 Å². The Balaban J connectivity index is 2.09.